The molecule has 3 N–H and O–H groups in total. The molecule has 0 saturated heterocycles. The SMILES string of the molecule is Cc1ccc(C(=O)N2Cc3nc(N)nc(-c4cccnc4)c3C2)c(=O)[nH]1. The molecule has 0 bridgehead atoms. The van der Waals surface area contributed by atoms with Crippen LogP contribution in [-0.4, -0.2) is 30.7 Å². The van der Waals surface area contributed by atoms with Gasteiger partial charge < -0.3 is 15.6 Å². The molecule has 1 aliphatic rings. The lowest BCUT2D eigenvalue weighted by Crippen LogP contribution is -2.31. The van der Waals surface area contributed by atoms with Gasteiger partial charge in [0.2, 0.25) is 5.95 Å². The van der Waals surface area contributed by atoms with Crippen molar-refractivity contribution in [2.24, 2.45) is 0 Å². The van der Waals surface area contributed by atoms with Gasteiger partial charge in [-0.25, -0.2) is 9.97 Å². The van der Waals surface area contributed by atoms with Gasteiger partial charge in [0.15, 0.2) is 0 Å². The number of aromatic amines is 1. The van der Waals surface area contributed by atoms with Gasteiger partial charge in [-0.3, -0.25) is 14.6 Å². The third-order valence-corrected chi connectivity index (χ3v) is 4.31. The summed E-state index contributed by atoms with van der Waals surface area (Å²) in [6.07, 6.45) is 3.37. The molecule has 0 radical (unpaired) electrons. The molecule has 3 aromatic rings. The van der Waals surface area contributed by atoms with Crippen LogP contribution in [0.1, 0.15) is 27.3 Å². The molecule has 0 saturated carbocycles. The largest absolute Gasteiger partial charge is 0.368 e. The molecule has 4 rings (SSSR count). The summed E-state index contributed by atoms with van der Waals surface area (Å²) in [5.41, 5.74) is 9.23. The van der Waals surface area contributed by atoms with E-state index in [1.54, 1.807) is 36.4 Å². The average Bonchev–Trinajstić information content (AvgIpc) is 3.05. The van der Waals surface area contributed by atoms with Gasteiger partial charge in [0.25, 0.3) is 11.5 Å². The Hall–Kier alpha value is -3.55. The van der Waals surface area contributed by atoms with Gasteiger partial charge in [0.05, 0.1) is 24.5 Å². The Kier molecular flexibility index (Phi) is 3.72. The van der Waals surface area contributed by atoms with E-state index in [9.17, 15) is 9.59 Å². The van der Waals surface area contributed by atoms with E-state index in [0.29, 0.717) is 23.6 Å². The molecule has 0 fully saturated rings. The quantitative estimate of drug-likeness (QED) is 0.720. The first-order valence-corrected chi connectivity index (χ1v) is 8.08. The maximum Gasteiger partial charge on any atom is 0.260 e. The second kappa shape index (κ2) is 6.07. The second-order valence-corrected chi connectivity index (χ2v) is 6.14. The van der Waals surface area contributed by atoms with E-state index in [1.165, 1.54) is 0 Å². The number of hydrogen-bond donors (Lipinski definition) is 2. The van der Waals surface area contributed by atoms with Crippen molar-refractivity contribution < 1.29 is 4.79 Å². The molecule has 8 nitrogen and oxygen atoms in total. The highest BCUT2D eigenvalue weighted by Crippen LogP contribution is 2.31. The van der Waals surface area contributed by atoms with Crippen LogP contribution in [0.5, 0.6) is 0 Å². The minimum atomic E-state index is -0.399. The number of nitrogens with two attached hydrogens (primary N) is 1. The van der Waals surface area contributed by atoms with Crippen molar-refractivity contribution in [1.29, 1.82) is 0 Å². The van der Waals surface area contributed by atoms with Crippen LogP contribution in [0.25, 0.3) is 11.3 Å². The Bertz CT molecular complexity index is 1060. The molecule has 26 heavy (non-hydrogen) atoms. The molecule has 1 amide bonds. The molecule has 0 aliphatic carbocycles. The smallest absolute Gasteiger partial charge is 0.260 e. The average molecular weight is 348 g/mol. The van der Waals surface area contributed by atoms with Crippen molar-refractivity contribution in [3.05, 3.63) is 69.5 Å². The highest BCUT2D eigenvalue weighted by molar-refractivity contribution is 5.94. The number of H-pyrrole nitrogens is 1. The van der Waals surface area contributed by atoms with Crippen LogP contribution in [0.4, 0.5) is 5.95 Å². The number of aromatic nitrogens is 4. The van der Waals surface area contributed by atoms with Gasteiger partial charge in [-0.2, -0.15) is 0 Å². The molecule has 0 aromatic carbocycles. The lowest BCUT2D eigenvalue weighted by molar-refractivity contribution is 0.0748. The minimum Gasteiger partial charge on any atom is -0.368 e. The minimum absolute atomic E-state index is 0.104. The summed E-state index contributed by atoms with van der Waals surface area (Å²) in [7, 11) is 0. The van der Waals surface area contributed by atoms with E-state index < -0.39 is 5.56 Å². The van der Waals surface area contributed by atoms with Crippen LogP contribution in [0.2, 0.25) is 0 Å². The highest BCUT2D eigenvalue weighted by Gasteiger charge is 2.30. The number of nitrogens with zero attached hydrogens (tertiary/aromatic N) is 4. The Morgan fingerprint density at radius 1 is 1.23 bits per heavy atom. The van der Waals surface area contributed by atoms with Crippen LogP contribution < -0.4 is 11.3 Å². The van der Waals surface area contributed by atoms with Gasteiger partial charge in [-0.1, -0.05) is 0 Å². The first-order chi connectivity index (χ1) is 12.5. The van der Waals surface area contributed by atoms with E-state index in [0.717, 1.165) is 11.1 Å². The number of rotatable bonds is 2. The van der Waals surface area contributed by atoms with Gasteiger partial charge in [-0.15, -0.1) is 0 Å². The number of aryl methyl sites for hydroxylation is 1. The van der Waals surface area contributed by atoms with Gasteiger partial charge in [-0.05, 0) is 31.2 Å². The predicted molar refractivity (Wildman–Crippen MR) is 95.1 cm³/mol. The molecule has 0 atom stereocenters. The van der Waals surface area contributed by atoms with Crippen LogP contribution >= 0.6 is 0 Å². The van der Waals surface area contributed by atoms with Gasteiger partial charge in [0, 0.05) is 29.2 Å². The molecule has 130 valence electrons. The fourth-order valence-electron chi connectivity index (χ4n) is 3.07. The summed E-state index contributed by atoms with van der Waals surface area (Å²) in [6.45, 7) is 2.35. The van der Waals surface area contributed by atoms with E-state index >= 15 is 0 Å². The summed E-state index contributed by atoms with van der Waals surface area (Å²) in [5, 5.41) is 0. The summed E-state index contributed by atoms with van der Waals surface area (Å²) in [4.78, 5) is 41.8. The van der Waals surface area contributed by atoms with Gasteiger partial charge in [0.1, 0.15) is 5.56 Å². The van der Waals surface area contributed by atoms with Gasteiger partial charge >= 0.3 is 0 Å². The summed E-state index contributed by atoms with van der Waals surface area (Å²) in [5.74, 6) is -0.204. The van der Waals surface area contributed by atoms with E-state index in [2.05, 4.69) is 19.9 Å². The Balaban J connectivity index is 1.71. The number of carbonyl (C=O) groups is 1. The topological polar surface area (TPSA) is 118 Å². The number of carbonyl (C=O) groups excluding carboxylic acids is 1. The third-order valence-electron chi connectivity index (χ3n) is 4.31. The van der Waals surface area contributed by atoms with Crippen molar-refractivity contribution in [3.63, 3.8) is 0 Å². The van der Waals surface area contributed by atoms with Crippen LogP contribution in [0, 0.1) is 6.92 Å². The van der Waals surface area contributed by atoms with Crippen molar-refractivity contribution in [3.8, 4) is 11.3 Å². The van der Waals surface area contributed by atoms with Crippen molar-refractivity contribution >= 4 is 11.9 Å². The molecule has 4 heterocycles. The highest BCUT2D eigenvalue weighted by atomic mass is 16.2. The first kappa shape index (κ1) is 15.9. The van der Waals surface area contributed by atoms with E-state index in [-0.39, 0.29) is 24.0 Å². The molecule has 0 unspecified atom stereocenters. The Morgan fingerprint density at radius 2 is 2.08 bits per heavy atom. The van der Waals surface area contributed by atoms with Crippen molar-refractivity contribution in [2.75, 3.05) is 5.73 Å². The van der Waals surface area contributed by atoms with Crippen LogP contribution in [0.3, 0.4) is 0 Å². The molecular weight excluding hydrogens is 332 g/mol. The van der Waals surface area contributed by atoms with Crippen LogP contribution in [-0.2, 0) is 13.1 Å². The maximum absolute atomic E-state index is 12.8. The number of nitrogens with one attached hydrogen (secondary N) is 1. The summed E-state index contributed by atoms with van der Waals surface area (Å²) >= 11 is 0. The van der Waals surface area contributed by atoms with E-state index in [4.69, 9.17) is 5.73 Å². The zero-order valence-electron chi connectivity index (χ0n) is 14.1. The fourth-order valence-corrected chi connectivity index (χ4v) is 3.07. The second-order valence-electron chi connectivity index (χ2n) is 6.14. The number of hydrogen-bond acceptors (Lipinski definition) is 6. The monoisotopic (exact) mass is 348 g/mol. The Morgan fingerprint density at radius 3 is 2.81 bits per heavy atom. The Labute approximate surface area is 148 Å². The predicted octanol–water partition coefficient (Wildman–Crippen LogP) is 1.27. The number of fused-ring (bicyclic) bond motifs is 1. The summed E-state index contributed by atoms with van der Waals surface area (Å²) < 4.78 is 0. The summed E-state index contributed by atoms with van der Waals surface area (Å²) in [6, 6.07) is 6.94. The standard InChI is InChI=1S/C18H16N6O2/c1-10-4-5-12(16(25)21-10)17(26)24-8-13-14(9-24)22-18(19)23-15(13)11-3-2-6-20-7-11/h2-7H,8-9H2,1H3,(H,21,25)(H2,19,22,23). The zero-order chi connectivity index (χ0) is 18.3. The molecule has 8 heteroatoms. The molecular formula is C18H16N6O2. The number of amides is 1. The maximum atomic E-state index is 12.8. The number of anilines is 1. The lowest BCUT2D eigenvalue weighted by Gasteiger charge is -2.14. The normalized spacial score (nSPS) is 12.9. The lowest BCUT2D eigenvalue weighted by atomic mass is 10.1. The van der Waals surface area contributed by atoms with Crippen molar-refractivity contribution in [1.82, 2.24) is 24.8 Å². The first-order valence-electron chi connectivity index (χ1n) is 8.08. The molecule has 0 spiro atoms. The molecule has 1 aliphatic heterocycles. The van der Waals surface area contributed by atoms with E-state index in [1.807, 2.05) is 12.1 Å². The fraction of sp³-hybridized carbons (Fsp3) is 0.167. The third kappa shape index (κ3) is 2.71. The number of pyridine rings is 2. The molecule has 3 aromatic heterocycles. The van der Waals surface area contributed by atoms with Crippen molar-refractivity contribution in [2.45, 2.75) is 20.0 Å². The number of nitrogen functional groups attached to an aromatic ring is 1. The zero-order valence-corrected chi connectivity index (χ0v) is 14.1. The van der Waals surface area contributed by atoms with Crippen LogP contribution in [0.15, 0.2) is 41.5 Å².